The SMILES string of the molecule is CC(=O)OC[C@H]1O[C@@H](O[C@H]2[C@H](OC(C)=O)[C@@H](OC(C)=O)[C@H](O[C@H]3[C@H](OC(C)=O)[C@@H](OC(C)=O)[C@H](O[C@H]4[C@H](OC(C)=O)[C@@H](OC(C)=O)[C@H](Oc5ccc6c(C)cc(=O)oc6c5)O[C@@H]4COC(C)=O)O[C@@H]3COC(C)=O)O[C@@H]2COC(C)=O)[C@H](OC(C)=O)[C@@H](OC(C)=O)[C@@H]1OC(C)=O. The third-order valence-corrected chi connectivity index (χ3v) is 13.9. The maximum atomic E-state index is 13.5. The number of fused-ring (bicyclic) bond motifs is 1. The van der Waals surface area contributed by atoms with Gasteiger partial charge in [-0.05, 0) is 24.6 Å². The van der Waals surface area contributed by atoms with Crippen LogP contribution in [0, 0.1) is 6.92 Å². The van der Waals surface area contributed by atoms with Crippen molar-refractivity contribution in [1.82, 2.24) is 0 Å². The fourth-order valence-electron chi connectivity index (χ4n) is 10.6. The number of aryl methyl sites for hydroxylation is 1. The van der Waals surface area contributed by atoms with Crippen LogP contribution >= 0.6 is 0 Å². The van der Waals surface area contributed by atoms with Crippen LogP contribution in [-0.2, 0) is 157 Å². The molecular formula is C60H74O36. The van der Waals surface area contributed by atoms with E-state index in [0.29, 0.717) is 10.9 Å². The van der Waals surface area contributed by atoms with E-state index < -0.39 is 232 Å². The molecule has 4 aliphatic heterocycles. The molecule has 1 aromatic carbocycles. The summed E-state index contributed by atoms with van der Waals surface area (Å²) >= 11 is 0. The molecule has 0 bridgehead atoms. The largest absolute Gasteiger partial charge is 0.463 e. The molecule has 0 unspecified atom stereocenters. The molecule has 530 valence electrons. The first-order valence-corrected chi connectivity index (χ1v) is 29.5. The summed E-state index contributed by atoms with van der Waals surface area (Å²) in [5.41, 5.74) is -0.115. The standard InChI is InChI=1S/C60H74O36/c1-23-17-44(74)89-39-18-37(15-16-38(23)39)88-57-53(84-33(11)70)50(81-30(8)67)46(41(90-57)20-76-25(3)62)94-59-55(86-35(13)72)52(83-32(10)69)48(43(92-59)22-78-27(5)64)96-60-56(87-36(14)73)51(82-31(9)68)47(42(93-60)21-77-26(4)63)95-58-54(85-34(12)71)49(80-29(7)66)45(79-28(6)65)40(91-58)19-75-24(2)61/h15-18,40-43,45-60H,19-22H2,1-14H3/t40-,41-,42-,43-,45-,46-,47-,48-,49+,50+,51+,52+,53-,54-,55-,56-,57-,58+,59+,60+/m1/s1. The van der Waals surface area contributed by atoms with Gasteiger partial charge in [-0.15, -0.1) is 0 Å². The Morgan fingerprint density at radius 1 is 0.323 bits per heavy atom. The number of benzene rings is 1. The molecule has 1 aromatic heterocycles. The second kappa shape index (κ2) is 34.1. The van der Waals surface area contributed by atoms with Crippen molar-refractivity contribution in [3.63, 3.8) is 0 Å². The molecule has 36 heteroatoms. The Balaban J connectivity index is 1.50. The lowest BCUT2D eigenvalue weighted by Crippen LogP contribution is -2.69. The zero-order chi connectivity index (χ0) is 71.2. The highest BCUT2D eigenvalue weighted by atomic mass is 16.8. The van der Waals surface area contributed by atoms with Crippen molar-refractivity contribution in [1.29, 1.82) is 0 Å². The van der Waals surface area contributed by atoms with E-state index in [1.165, 1.54) is 24.3 Å². The predicted molar refractivity (Wildman–Crippen MR) is 304 cm³/mol. The Morgan fingerprint density at radius 2 is 0.583 bits per heavy atom. The summed E-state index contributed by atoms with van der Waals surface area (Å²) in [7, 11) is 0. The van der Waals surface area contributed by atoms with Gasteiger partial charge in [0.05, 0.1) is 0 Å². The first-order valence-electron chi connectivity index (χ1n) is 29.5. The van der Waals surface area contributed by atoms with Gasteiger partial charge >= 0.3 is 83.2 Å². The van der Waals surface area contributed by atoms with E-state index in [-0.39, 0.29) is 11.3 Å². The van der Waals surface area contributed by atoms with Gasteiger partial charge in [-0.1, -0.05) is 0 Å². The Kier molecular flexibility index (Phi) is 27.1. The topological polar surface area (TPSA) is 446 Å². The van der Waals surface area contributed by atoms with Gasteiger partial charge in [-0.2, -0.15) is 0 Å². The fraction of sp³-hybridized carbons (Fsp3) is 0.633. The molecule has 0 saturated carbocycles. The predicted octanol–water partition coefficient (Wildman–Crippen LogP) is 0.173. The van der Waals surface area contributed by atoms with Crippen molar-refractivity contribution in [2.75, 3.05) is 26.4 Å². The van der Waals surface area contributed by atoms with Crippen LogP contribution in [0.5, 0.6) is 5.75 Å². The summed E-state index contributed by atoms with van der Waals surface area (Å²) < 4.78 is 129. The molecule has 4 fully saturated rings. The quantitative estimate of drug-likeness (QED) is 0.0726. The molecule has 20 atom stereocenters. The average Bonchev–Trinajstić information content (AvgIpc) is 0.766. The lowest BCUT2D eigenvalue weighted by molar-refractivity contribution is -0.387. The van der Waals surface area contributed by atoms with Crippen LogP contribution in [0.1, 0.15) is 95.6 Å². The van der Waals surface area contributed by atoms with E-state index in [1.54, 1.807) is 6.92 Å². The van der Waals surface area contributed by atoms with Crippen LogP contribution in [-0.4, -0.2) is 227 Å². The number of ether oxygens (including phenoxy) is 21. The van der Waals surface area contributed by atoms with Crippen molar-refractivity contribution < 1.29 is 166 Å². The Bertz CT molecular complexity index is 3270. The number of carbonyl (C=O) groups excluding carboxylic acids is 13. The Labute approximate surface area is 545 Å². The van der Waals surface area contributed by atoms with Gasteiger partial charge in [0.2, 0.25) is 12.4 Å². The second-order valence-electron chi connectivity index (χ2n) is 21.9. The van der Waals surface area contributed by atoms with Gasteiger partial charge in [-0.3, -0.25) is 62.3 Å². The van der Waals surface area contributed by atoms with E-state index in [1.807, 2.05) is 0 Å². The second-order valence-corrected chi connectivity index (χ2v) is 21.9. The highest BCUT2D eigenvalue weighted by Crippen LogP contribution is 2.41. The molecule has 4 aliphatic rings. The molecule has 6 rings (SSSR count). The lowest BCUT2D eigenvalue weighted by atomic mass is 9.94. The summed E-state index contributed by atoms with van der Waals surface area (Å²) in [6.45, 7) is 10.6. The van der Waals surface area contributed by atoms with Crippen molar-refractivity contribution >= 4 is 88.6 Å². The molecule has 96 heavy (non-hydrogen) atoms. The number of rotatable bonds is 25. The minimum absolute atomic E-state index is 0.0509. The third-order valence-electron chi connectivity index (χ3n) is 13.9. The van der Waals surface area contributed by atoms with E-state index in [2.05, 4.69) is 0 Å². The molecule has 4 saturated heterocycles. The van der Waals surface area contributed by atoms with Crippen molar-refractivity contribution in [2.24, 2.45) is 0 Å². The van der Waals surface area contributed by atoms with E-state index in [4.69, 9.17) is 104 Å². The summed E-state index contributed by atoms with van der Waals surface area (Å²) in [4.78, 5) is 181. The first kappa shape index (κ1) is 76.1. The van der Waals surface area contributed by atoms with Crippen LogP contribution < -0.4 is 10.4 Å². The average molecular weight is 1370 g/mol. The minimum atomic E-state index is -2.24. The van der Waals surface area contributed by atoms with Crippen molar-refractivity contribution in [3.05, 3.63) is 40.2 Å². The molecule has 0 aliphatic carbocycles. The van der Waals surface area contributed by atoms with Crippen LogP contribution in [0.4, 0.5) is 0 Å². The maximum absolute atomic E-state index is 13.5. The van der Waals surface area contributed by atoms with Crippen molar-refractivity contribution in [2.45, 2.75) is 220 Å². The van der Waals surface area contributed by atoms with Crippen LogP contribution in [0.25, 0.3) is 11.0 Å². The molecule has 0 amide bonds. The number of hydrogen-bond acceptors (Lipinski definition) is 36. The van der Waals surface area contributed by atoms with Gasteiger partial charge < -0.3 is 104 Å². The van der Waals surface area contributed by atoms with Gasteiger partial charge in [-0.25, -0.2) is 4.79 Å². The first-order chi connectivity index (χ1) is 45.1. The number of carbonyl (C=O) groups is 13. The van der Waals surface area contributed by atoms with Gasteiger partial charge in [0.25, 0.3) is 0 Å². The lowest BCUT2D eigenvalue weighted by Gasteiger charge is -2.51. The highest BCUT2D eigenvalue weighted by molar-refractivity contribution is 5.81. The van der Waals surface area contributed by atoms with Gasteiger partial charge in [0.1, 0.15) is 80.5 Å². The molecule has 2 aromatic rings. The van der Waals surface area contributed by atoms with Crippen LogP contribution in [0.15, 0.2) is 33.5 Å². The van der Waals surface area contributed by atoms with Gasteiger partial charge in [0, 0.05) is 108 Å². The number of esters is 13. The number of hydrogen-bond donors (Lipinski definition) is 0. The minimum Gasteiger partial charge on any atom is -0.463 e. The molecule has 0 spiro atoms. The summed E-state index contributed by atoms with van der Waals surface area (Å²) in [5.74, 6) is -13.6. The molecule has 0 N–H and O–H groups in total. The highest BCUT2D eigenvalue weighted by Gasteiger charge is 2.62. The van der Waals surface area contributed by atoms with Crippen molar-refractivity contribution in [3.8, 4) is 5.75 Å². The van der Waals surface area contributed by atoms with Crippen LogP contribution in [0.3, 0.4) is 0 Å². The zero-order valence-electron chi connectivity index (χ0n) is 54.4. The smallest absolute Gasteiger partial charge is 0.336 e. The van der Waals surface area contributed by atoms with E-state index in [9.17, 15) is 67.1 Å². The molecule has 36 nitrogen and oxygen atoms in total. The summed E-state index contributed by atoms with van der Waals surface area (Å²) in [6.07, 6.45) is -39.2. The van der Waals surface area contributed by atoms with Gasteiger partial charge in [0.15, 0.2) is 67.7 Å². The Hall–Kier alpha value is -8.94. The zero-order valence-corrected chi connectivity index (χ0v) is 54.4. The van der Waals surface area contributed by atoms with E-state index >= 15 is 0 Å². The van der Waals surface area contributed by atoms with Crippen LogP contribution in [0.2, 0.25) is 0 Å². The maximum Gasteiger partial charge on any atom is 0.336 e. The molecule has 0 radical (unpaired) electrons. The van der Waals surface area contributed by atoms with E-state index in [0.717, 1.165) is 90.0 Å². The summed E-state index contributed by atoms with van der Waals surface area (Å²) in [5, 5.41) is 0.500. The summed E-state index contributed by atoms with van der Waals surface area (Å²) in [6, 6.07) is 5.54. The normalized spacial score (nSPS) is 30.1. The fourth-order valence-corrected chi connectivity index (χ4v) is 10.6. The third kappa shape index (κ3) is 21.3. The Morgan fingerprint density at radius 3 is 0.885 bits per heavy atom. The molecular weight excluding hydrogens is 1300 g/mol. The monoisotopic (exact) mass is 1370 g/mol. The molecule has 5 heterocycles.